The zero-order chi connectivity index (χ0) is 11.8. The van der Waals surface area contributed by atoms with Gasteiger partial charge in [0.2, 0.25) is 0 Å². The SMILES string of the molecule is C1=CCOC(CCCC2OCC=CCO2)OC1. The lowest BCUT2D eigenvalue weighted by Gasteiger charge is -2.18. The van der Waals surface area contributed by atoms with Crippen LogP contribution in [0.3, 0.4) is 0 Å². The Morgan fingerprint density at radius 3 is 1.35 bits per heavy atom. The number of hydrogen-bond donors (Lipinski definition) is 0. The van der Waals surface area contributed by atoms with Gasteiger partial charge in [-0.3, -0.25) is 0 Å². The van der Waals surface area contributed by atoms with E-state index in [4.69, 9.17) is 18.9 Å². The Bertz CT molecular complexity index is 216. The van der Waals surface area contributed by atoms with Crippen molar-refractivity contribution in [1.82, 2.24) is 0 Å². The Morgan fingerprint density at radius 1 is 0.647 bits per heavy atom. The van der Waals surface area contributed by atoms with Crippen LogP contribution in [0.15, 0.2) is 24.3 Å². The van der Waals surface area contributed by atoms with E-state index in [9.17, 15) is 0 Å². The summed E-state index contributed by atoms with van der Waals surface area (Å²) >= 11 is 0. The minimum Gasteiger partial charge on any atom is -0.349 e. The van der Waals surface area contributed by atoms with Gasteiger partial charge >= 0.3 is 0 Å². The molecule has 96 valence electrons. The highest BCUT2D eigenvalue weighted by molar-refractivity contribution is 4.84. The van der Waals surface area contributed by atoms with Crippen LogP contribution in [0.5, 0.6) is 0 Å². The average molecular weight is 240 g/mol. The van der Waals surface area contributed by atoms with Gasteiger partial charge in [0.1, 0.15) is 0 Å². The molecule has 0 N–H and O–H groups in total. The van der Waals surface area contributed by atoms with Crippen LogP contribution in [0.4, 0.5) is 0 Å². The van der Waals surface area contributed by atoms with Crippen molar-refractivity contribution in [1.29, 1.82) is 0 Å². The summed E-state index contributed by atoms with van der Waals surface area (Å²) in [5.74, 6) is 0. The average Bonchev–Trinajstić information content (AvgIpc) is 2.73. The Labute approximate surface area is 102 Å². The third kappa shape index (κ3) is 5.00. The summed E-state index contributed by atoms with van der Waals surface area (Å²) in [5, 5.41) is 0. The fraction of sp³-hybridized carbons (Fsp3) is 0.692. The highest BCUT2D eigenvalue weighted by Crippen LogP contribution is 2.14. The van der Waals surface area contributed by atoms with Crippen molar-refractivity contribution < 1.29 is 18.9 Å². The highest BCUT2D eigenvalue weighted by atomic mass is 16.7. The minimum absolute atomic E-state index is 0.0890. The quantitative estimate of drug-likeness (QED) is 0.704. The van der Waals surface area contributed by atoms with E-state index in [0.717, 1.165) is 19.3 Å². The molecule has 0 aromatic heterocycles. The van der Waals surface area contributed by atoms with Crippen molar-refractivity contribution in [2.45, 2.75) is 31.8 Å². The zero-order valence-corrected chi connectivity index (χ0v) is 10.0. The Balaban J connectivity index is 1.58. The molecule has 0 fully saturated rings. The highest BCUT2D eigenvalue weighted by Gasteiger charge is 2.14. The molecule has 17 heavy (non-hydrogen) atoms. The van der Waals surface area contributed by atoms with Crippen molar-refractivity contribution in [2.24, 2.45) is 0 Å². The molecule has 0 saturated carbocycles. The summed E-state index contributed by atoms with van der Waals surface area (Å²) in [4.78, 5) is 0. The van der Waals surface area contributed by atoms with E-state index in [0.29, 0.717) is 26.4 Å². The maximum absolute atomic E-state index is 5.51. The summed E-state index contributed by atoms with van der Waals surface area (Å²) < 4.78 is 22.1. The van der Waals surface area contributed by atoms with Crippen molar-refractivity contribution in [3.8, 4) is 0 Å². The van der Waals surface area contributed by atoms with Gasteiger partial charge in [-0.25, -0.2) is 0 Å². The lowest BCUT2D eigenvalue weighted by atomic mass is 10.2. The van der Waals surface area contributed by atoms with Gasteiger partial charge in [-0.15, -0.1) is 0 Å². The van der Waals surface area contributed by atoms with Crippen LogP contribution in [0.1, 0.15) is 19.3 Å². The predicted molar refractivity (Wildman–Crippen MR) is 63.5 cm³/mol. The molecule has 0 spiro atoms. The largest absolute Gasteiger partial charge is 0.349 e. The van der Waals surface area contributed by atoms with E-state index in [1.807, 2.05) is 24.3 Å². The summed E-state index contributed by atoms with van der Waals surface area (Å²) in [6.45, 7) is 2.58. The molecule has 2 aliphatic rings. The van der Waals surface area contributed by atoms with Gasteiger partial charge in [-0.05, 0) is 19.3 Å². The smallest absolute Gasteiger partial charge is 0.158 e. The second-order valence-corrected chi connectivity index (χ2v) is 4.07. The summed E-state index contributed by atoms with van der Waals surface area (Å²) in [6, 6.07) is 0. The lowest BCUT2D eigenvalue weighted by Crippen LogP contribution is -2.19. The molecule has 0 bridgehead atoms. The van der Waals surface area contributed by atoms with Crippen LogP contribution < -0.4 is 0 Å². The number of ether oxygens (including phenoxy) is 4. The van der Waals surface area contributed by atoms with Gasteiger partial charge in [0.05, 0.1) is 26.4 Å². The van der Waals surface area contributed by atoms with Gasteiger partial charge in [0.15, 0.2) is 12.6 Å². The summed E-state index contributed by atoms with van der Waals surface area (Å²) in [5.41, 5.74) is 0. The van der Waals surface area contributed by atoms with Crippen molar-refractivity contribution >= 4 is 0 Å². The number of rotatable bonds is 4. The van der Waals surface area contributed by atoms with E-state index in [1.165, 1.54) is 0 Å². The first-order valence-corrected chi connectivity index (χ1v) is 6.21. The molecular formula is C13H20O4. The molecule has 0 atom stereocenters. The third-order valence-corrected chi connectivity index (χ3v) is 2.73. The van der Waals surface area contributed by atoms with Crippen molar-refractivity contribution in [3.05, 3.63) is 24.3 Å². The molecule has 0 aromatic rings. The normalized spacial score (nSPS) is 23.5. The van der Waals surface area contributed by atoms with Crippen LogP contribution in [0.25, 0.3) is 0 Å². The molecule has 2 heterocycles. The van der Waals surface area contributed by atoms with Crippen LogP contribution in [-0.2, 0) is 18.9 Å². The van der Waals surface area contributed by atoms with Crippen molar-refractivity contribution in [2.75, 3.05) is 26.4 Å². The fourth-order valence-corrected chi connectivity index (χ4v) is 1.80. The maximum Gasteiger partial charge on any atom is 0.158 e. The Kier molecular flexibility index (Phi) is 5.71. The molecule has 0 aromatic carbocycles. The molecule has 2 aliphatic heterocycles. The van der Waals surface area contributed by atoms with Crippen LogP contribution in [0, 0.1) is 0 Å². The van der Waals surface area contributed by atoms with Crippen molar-refractivity contribution in [3.63, 3.8) is 0 Å². The first-order valence-electron chi connectivity index (χ1n) is 6.21. The topological polar surface area (TPSA) is 36.9 Å². The zero-order valence-electron chi connectivity index (χ0n) is 10.0. The first-order chi connectivity index (χ1) is 8.45. The van der Waals surface area contributed by atoms with E-state index in [1.54, 1.807) is 0 Å². The second kappa shape index (κ2) is 7.61. The molecule has 0 unspecified atom stereocenters. The van der Waals surface area contributed by atoms with Crippen LogP contribution >= 0.6 is 0 Å². The minimum atomic E-state index is -0.0890. The fourth-order valence-electron chi connectivity index (χ4n) is 1.80. The molecule has 4 heteroatoms. The standard InChI is InChI=1S/C13H20O4/c1-2-9-15-12(14-8-1)6-5-7-13-16-10-3-4-11-17-13/h1-4,12-13H,5-11H2. The summed E-state index contributed by atoms with van der Waals surface area (Å²) in [6.07, 6.45) is 10.5. The van der Waals surface area contributed by atoms with Gasteiger partial charge in [0.25, 0.3) is 0 Å². The molecule has 0 aliphatic carbocycles. The molecule has 0 saturated heterocycles. The maximum atomic E-state index is 5.51. The van der Waals surface area contributed by atoms with Gasteiger partial charge < -0.3 is 18.9 Å². The van der Waals surface area contributed by atoms with E-state index in [-0.39, 0.29) is 12.6 Å². The van der Waals surface area contributed by atoms with Crippen LogP contribution in [0.2, 0.25) is 0 Å². The van der Waals surface area contributed by atoms with E-state index >= 15 is 0 Å². The predicted octanol–water partition coefficient (Wildman–Crippen LogP) is 2.01. The van der Waals surface area contributed by atoms with Crippen LogP contribution in [-0.4, -0.2) is 39.0 Å². The number of hydrogen-bond acceptors (Lipinski definition) is 4. The lowest BCUT2D eigenvalue weighted by molar-refractivity contribution is -0.142. The van der Waals surface area contributed by atoms with E-state index in [2.05, 4.69) is 0 Å². The van der Waals surface area contributed by atoms with Gasteiger partial charge in [-0.1, -0.05) is 24.3 Å². The van der Waals surface area contributed by atoms with Gasteiger partial charge in [-0.2, -0.15) is 0 Å². The molecular weight excluding hydrogens is 220 g/mol. The van der Waals surface area contributed by atoms with E-state index < -0.39 is 0 Å². The first kappa shape index (κ1) is 12.8. The molecule has 0 amide bonds. The molecule has 4 nitrogen and oxygen atoms in total. The molecule has 2 rings (SSSR count). The van der Waals surface area contributed by atoms with Gasteiger partial charge in [0, 0.05) is 0 Å². The second-order valence-electron chi connectivity index (χ2n) is 4.07. The third-order valence-electron chi connectivity index (χ3n) is 2.73. The Hall–Kier alpha value is -0.680. The Morgan fingerprint density at radius 2 is 1.00 bits per heavy atom. The molecule has 0 radical (unpaired) electrons. The monoisotopic (exact) mass is 240 g/mol. The summed E-state index contributed by atoms with van der Waals surface area (Å²) in [7, 11) is 0.